The maximum absolute atomic E-state index is 13.0. The first-order valence-electron chi connectivity index (χ1n) is 5.73. The summed E-state index contributed by atoms with van der Waals surface area (Å²) >= 11 is 1.66. The molecule has 0 spiro atoms. The van der Waals surface area contributed by atoms with E-state index in [1.54, 1.807) is 11.8 Å². The minimum atomic E-state index is -1.28. The fourth-order valence-corrected chi connectivity index (χ4v) is 2.69. The maximum atomic E-state index is 13.0. The van der Waals surface area contributed by atoms with Crippen LogP contribution in [0, 0.1) is 5.82 Å². The van der Waals surface area contributed by atoms with E-state index in [9.17, 15) is 14.0 Å². The molecule has 1 aliphatic heterocycles. The molecule has 1 fully saturated rings. The van der Waals surface area contributed by atoms with Gasteiger partial charge in [-0.1, -0.05) is 0 Å². The third kappa shape index (κ3) is 3.45. The van der Waals surface area contributed by atoms with Crippen molar-refractivity contribution in [3.05, 3.63) is 29.6 Å². The van der Waals surface area contributed by atoms with Crippen LogP contribution in [-0.2, 0) is 4.79 Å². The van der Waals surface area contributed by atoms with Gasteiger partial charge in [-0.05, 0) is 18.2 Å². The number of carboxylic acids is 1. The zero-order chi connectivity index (χ0) is 13.8. The number of hydrogen-bond acceptors (Lipinski definition) is 4. The van der Waals surface area contributed by atoms with E-state index in [1.807, 2.05) is 0 Å². The SMILES string of the molecule is O=C(O)c1cc(F)ccc1NC(=O)C1CSCCN1. The van der Waals surface area contributed by atoms with Gasteiger partial charge in [0.2, 0.25) is 5.91 Å². The molecule has 1 amide bonds. The molecular formula is C12H13FN2O3S. The molecule has 1 atom stereocenters. The van der Waals surface area contributed by atoms with Crippen LogP contribution in [0.4, 0.5) is 10.1 Å². The molecule has 3 N–H and O–H groups in total. The summed E-state index contributed by atoms with van der Waals surface area (Å²) in [7, 11) is 0. The Balaban J connectivity index is 2.13. The standard InChI is InChI=1S/C12H13FN2O3S/c13-7-1-2-9(8(5-7)12(17)18)15-11(16)10-6-19-4-3-14-10/h1-2,5,10,14H,3-4,6H2,(H,15,16)(H,17,18). The van der Waals surface area contributed by atoms with Crippen molar-refractivity contribution >= 4 is 29.3 Å². The molecular weight excluding hydrogens is 271 g/mol. The second-order valence-electron chi connectivity index (χ2n) is 4.07. The summed E-state index contributed by atoms with van der Waals surface area (Å²) in [5.74, 6) is -0.653. The number of carbonyl (C=O) groups excluding carboxylic acids is 1. The Bertz CT molecular complexity index is 504. The molecule has 1 saturated heterocycles. The van der Waals surface area contributed by atoms with E-state index in [-0.39, 0.29) is 23.2 Å². The first kappa shape index (κ1) is 13.8. The summed E-state index contributed by atoms with van der Waals surface area (Å²) in [5, 5.41) is 14.5. The summed E-state index contributed by atoms with van der Waals surface area (Å²) in [6, 6.07) is 2.91. The van der Waals surface area contributed by atoms with Crippen LogP contribution in [0.1, 0.15) is 10.4 Å². The molecule has 0 saturated carbocycles. The molecule has 7 heteroatoms. The van der Waals surface area contributed by atoms with Gasteiger partial charge >= 0.3 is 5.97 Å². The van der Waals surface area contributed by atoms with Crippen molar-refractivity contribution in [2.75, 3.05) is 23.4 Å². The first-order chi connectivity index (χ1) is 9.08. The lowest BCUT2D eigenvalue weighted by atomic mass is 10.1. The Morgan fingerprint density at radius 1 is 1.47 bits per heavy atom. The monoisotopic (exact) mass is 284 g/mol. The maximum Gasteiger partial charge on any atom is 0.337 e. The number of halogens is 1. The van der Waals surface area contributed by atoms with Crippen LogP contribution in [0.5, 0.6) is 0 Å². The third-order valence-electron chi connectivity index (χ3n) is 2.71. The van der Waals surface area contributed by atoms with E-state index in [0.717, 1.165) is 24.4 Å². The van der Waals surface area contributed by atoms with E-state index in [1.165, 1.54) is 6.07 Å². The first-order valence-corrected chi connectivity index (χ1v) is 6.88. The van der Waals surface area contributed by atoms with E-state index in [4.69, 9.17) is 5.11 Å². The van der Waals surface area contributed by atoms with Crippen molar-refractivity contribution in [3.8, 4) is 0 Å². The number of nitrogens with one attached hydrogen (secondary N) is 2. The van der Waals surface area contributed by atoms with Gasteiger partial charge in [-0.2, -0.15) is 11.8 Å². The number of carbonyl (C=O) groups is 2. The minimum Gasteiger partial charge on any atom is -0.478 e. The zero-order valence-corrected chi connectivity index (χ0v) is 10.8. The average Bonchev–Trinajstić information content (AvgIpc) is 2.41. The normalized spacial score (nSPS) is 18.9. The van der Waals surface area contributed by atoms with Crippen LogP contribution in [-0.4, -0.2) is 41.1 Å². The zero-order valence-electron chi connectivity index (χ0n) is 9.98. The van der Waals surface area contributed by atoms with Gasteiger partial charge in [0, 0.05) is 18.1 Å². The van der Waals surface area contributed by atoms with Gasteiger partial charge in [0.05, 0.1) is 17.3 Å². The van der Waals surface area contributed by atoms with Crippen LogP contribution in [0.25, 0.3) is 0 Å². The van der Waals surface area contributed by atoms with E-state index in [2.05, 4.69) is 10.6 Å². The summed E-state index contributed by atoms with van der Waals surface area (Å²) in [4.78, 5) is 22.9. The number of thioether (sulfide) groups is 1. The molecule has 0 aliphatic carbocycles. The van der Waals surface area contributed by atoms with Crippen molar-refractivity contribution in [3.63, 3.8) is 0 Å². The number of rotatable bonds is 3. The fraction of sp³-hybridized carbons (Fsp3) is 0.333. The average molecular weight is 284 g/mol. The van der Waals surface area contributed by atoms with Gasteiger partial charge in [0.25, 0.3) is 0 Å². The second kappa shape index (κ2) is 6.03. The largest absolute Gasteiger partial charge is 0.478 e. The van der Waals surface area contributed by atoms with Gasteiger partial charge in [0.1, 0.15) is 5.82 Å². The fourth-order valence-electron chi connectivity index (χ4n) is 1.76. The Morgan fingerprint density at radius 3 is 2.89 bits per heavy atom. The van der Waals surface area contributed by atoms with Crippen LogP contribution >= 0.6 is 11.8 Å². The lowest BCUT2D eigenvalue weighted by Crippen LogP contribution is -2.46. The summed E-state index contributed by atoms with van der Waals surface area (Å²) in [6.07, 6.45) is 0. The number of anilines is 1. The Labute approximate surface area is 113 Å². The molecule has 1 heterocycles. The number of hydrogen-bond donors (Lipinski definition) is 3. The van der Waals surface area contributed by atoms with Crippen molar-refractivity contribution < 1.29 is 19.1 Å². The smallest absolute Gasteiger partial charge is 0.337 e. The van der Waals surface area contributed by atoms with Crippen LogP contribution in [0.3, 0.4) is 0 Å². The molecule has 2 rings (SSSR count). The highest BCUT2D eigenvalue weighted by molar-refractivity contribution is 7.99. The quantitative estimate of drug-likeness (QED) is 0.776. The molecule has 1 unspecified atom stereocenters. The van der Waals surface area contributed by atoms with Crippen molar-refractivity contribution in [2.24, 2.45) is 0 Å². The van der Waals surface area contributed by atoms with Crippen molar-refractivity contribution in [1.82, 2.24) is 5.32 Å². The van der Waals surface area contributed by atoms with Gasteiger partial charge in [-0.15, -0.1) is 0 Å². The number of benzene rings is 1. The Morgan fingerprint density at radius 2 is 2.26 bits per heavy atom. The van der Waals surface area contributed by atoms with Crippen molar-refractivity contribution in [2.45, 2.75) is 6.04 Å². The highest BCUT2D eigenvalue weighted by Gasteiger charge is 2.22. The predicted molar refractivity (Wildman–Crippen MR) is 71.1 cm³/mol. The van der Waals surface area contributed by atoms with Gasteiger partial charge < -0.3 is 15.7 Å². The molecule has 5 nitrogen and oxygen atoms in total. The van der Waals surface area contributed by atoms with E-state index in [0.29, 0.717) is 5.75 Å². The topological polar surface area (TPSA) is 78.4 Å². The van der Waals surface area contributed by atoms with Gasteiger partial charge in [0.15, 0.2) is 0 Å². The molecule has 1 aromatic rings. The Kier molecular flexibility index (Phi) is 4.39. The third-order valence-corrected chi connectivity index (χ3v) is 3.77. The van der Waals surface area contributed by atoms with Crippen LogP contribution in [0.15, 0.2) is 18.2 Å². The number of carboxylic acid groups (broad SMARTS) is 1. The number of amides is 1. The minimum absolute atomic E-state index is 0.108. The van der Waals surface area contributed by atoms with Crippen molar-refractivity contribution in [1.29, 1.82) is 0 Å². The van der Waals surface area contributed by atoms with Crippen LogP contribution < -0.4 is 10.6 Å². The molecule has 102 valence electrons. The highest BCUT2D eigenvalue weighted by Crippen LogP contribution is 2.18. The summed E-state index contributed by atoms with van der Waals surface area (Å²) in [6.45, 7) is 0.734. The molecule has 0 bridgehead atoms. The molecule has 1 aliphatic rings. The van der Waals surface area contributed by atoms with E-state index >= 15 is 0 Å². The van der Waals surface area contributed by atoms with Crippen LogP contribution in [0.2, 0.25) is 0 Å². The van der Waals surface area contributed by atoms with Gasteiger partial charge in [-0.3, -0.25) is 4.79 Å². The molecule has 0 aromatic heterocycles. The predicted octanol–water partition coefficient (Wildman–Crippen LogP) is 1.17. The molecule has 0 radical (unpaired) electrons. The lowest BCUT2D eigenvalue weighted by molar-refractivity contribution is -0.117. The molecule has 19 heavy (non-hydrogen) atoms. The number of aromatic carboxylic acids is 1. The van der Waals surface area contributed by atoms with E-state index < -0.39 is 11.8 Å². The van der Waals surface area contributed by atoms with Gasteiger partial charge in [-0.25, -0.2) is 9.18 Å². The highest BCUT2D eigenvalue weighted by atomic mass is 32.2. The summed E-state index contributed by atoms with van der Waals surface area (Å²) in [5.41, 5.74) is -0.145. The summed E-state index contributed by atoms with van der Waals surface area (Å²) < 4.78 is 13.0. The Hall–Kier alpha value is -1.60. The second-order valence-corrected chi connectivity index (χ2v) is 5.22. The molecule has 1 aromatic carbocycles. The lowest BCUT2D eigenvalue weighted by Gasteiger charge is -2.22.